The Morgan fingerprint density at radius 3 is 0.924 bits per heavy atom. The van der Waals surface area contributed by atoms with E-state index in [1.807, 2.05) is 0 Å². The highest BCUT2D eigenvalue weighted by Crippen LogP contribution is 2.43. The number of unbranched alkanes of at least 4 members (excludes halogenated alkanes) is 42. The molecule has 0 aromatic rings. The number of ether oxygens (including phenoxy) is 21. The summed E-state index contributed by atoms with van der Waals surface area (Å²) in [6.45, 7) is 21.8. The van der Waals surface area contributed by atoms with Crippen molar-refractivity contribution < 1.29 is 157 Å². The van der Waals surface area contributed by atoms with Gasteiger partial charge in [-0.2, -0.15) is 0 Å². The Balaban J connectivity index is 1.49. The first kappa shape index (κ1) is 127. The van der Waals surface area contributed by atoms with Crippen LogP contribution >= 0.6 is 0 Å². The summed E-state index contributed by atoms with van der Waals surface area (Å²) in [6.07, 6.45) is 12.1. The van der Waals surface area contributed by atoms with E-state index in [0.29, 0.717) is 57.8 Å². The normalized spacial score (nSPS) is 29.1. The summed E-state index contributed by atoms with van der Waals surface area (Å²) >= 11 is 0. The highest BCUT2D eigenvalue weighted by Gasteiger charge is 2.62. The van der Waals surface area contributed by atoms with Gasteiger partial charge in [-0.15, -0.1) is 0 Å². The fraction of sp³-hybridized carbons (Fsp3) is 0.902. The van der Waals surface area contributed by atoms with E-state index in [1.165, 1.54) is 176 Å². The first-order valence-electron chi connectivity index (χ1n) is 57.1. The van der Waals surface area contributed by atoms with Gasteiger partial charge in [0.2, 0.25) is 0 Å². The van der Waals surface area contributed by atoms with Crippen molar-refractivity contribution in [1.29, 1.82) is 0 Å². The van der Waals surface area contributed by atoms with Crippen LogP contribution in [0.5, 0.6) is 0 Å². The van der Waals surface area contributed by atoms with E-state index < -0.39 is 232 Å². The molecule has 6 aliphatic rings. The third-order valence-corrected chi connectivity index (χ3v) is 28.3. The molecule has 6 aliphatic heterocycles. The number of carbonyl (C=O) groups is 11. The van der Waals surface area contributed by atoms with E-state index in [2.05, 4.69) is 27.7 Å². The fourth-order valence-electron chi connectivity index (χ4n) is 20.6. The molecule has 0 aliphatic carbocycles. The van der Waals surface area contributed by atoms with Crippen molar-refractivity contribution >= 4 is 65.7 Å². The maximum atomic E-state index is 15.5. The molecule has 6 heterocycles. The molecule has 33 heteroatoms. The second-order valence-electron chi connectivity index (χ2n) is 41.5. The van der Waals surface area contributed by atoms with Crippen LogP contribution in [0.2, 0.25) is 0 Å². The molecule has 0 aromatic carbocycles. The summed E-state index contributed by atoms with van der Waals surface area (Å²) in [5.41, 5.74) is 0. The van der Waals surface area contributed by atoms with Gasteiger partial charge in [0.15, 0.2) is 105 Å². The second-order valence-corrected chi connectivity index (χ2v) is 41.5. The molecular formula is C112H192O33. The van der Waals surface area contributed by atoms with E-state index in [0.717, 1.165) is 189 Å². The molecule has 0 spiro atoms. The predicted molar refractivity (Wildman–Crippen MR) is 541 cm³/mol. The zero-order valence-corrected chi connectivity index (χ0v) is 91.4. The molecule has 6 fully saturated rings. The molecule has 6 saturated heterocycles. The van der Waals surface area contributed by atoms with Crippen LogP contribution in [0.25, 0.3) is 0 Å². The molecule has 0 saturated carbocycles. The second kappa shape index (κ2) is 74.6. The summed E-state index contributed by atoms with van der Waals surface area (Å²) in [4.78, 5) is 155. The van der Waals surface area contributed by atoms with Gasteiger partial charge >= 0.3 is 65.7 Å². The van der Waals surface area contributed by atoms with Crippen molar-refractivity contribution in [3.8, 4) is 0 Å². The van der Waals surface area contributed by atoms with Crippen LogP contribution in [-0.4, -0.2) is 237 Å². The van der Waals surface area contributed by atoms with Crippen LogP contribution in [0.1, 0.15) is 483 Å². The molecule has 1 N–H and O–H groups in total. The van der Waals surface area contributed by atoms with E-state index in [9.17, 15) is 53.1 Å². The van der Waals surface area contributed by atoms with Gasteiger partial charge in [0, 0.05) is 74.1 Å². The van der Waals surface area contributed by atoms with Gasteiger partial charge in [0.25, 0.3) is 0 Å². The lowest BCUT2D eigenvalue weighted by Crippen LogP contribution is -2.69. The van der Waals surface area contributed by atoms with Gasteiger partial charge in [0.05, 0.1) is 37.1 Å². The molecule has 838 valence electrons. The maximum Gasteiger partial charge on any atom is 0.306 e. The number of aliphatic hydroxyl groups excluding tert-OH is 1. The zero-order valence-electron chi connectivity index (χ0n) is 91.4. The van der Waals surface area contributed by atoms with Crippen molar-refractivity contribution in [1.82, 2.24) is 0 Å². The minimum atomic E-state index is -2.09. The molecule has 0 amide bonds. The first-order valence-corrected chi connectivity index (χ1v) is 57.1. The van der Waals surface area contributed by atoms with Crippen molar-refractivity contribution in [3.63, 3.8) is 0 Å². The lowest BCUT2D eigenvalue weighted by atomic mass is 9.94. The van der Waals surface area contributed by atoms with Crippen molar-refractivity contribution in [2.45, 2.75) is 642 Å². The number of hydrogen-bond acceptors (Lipinski definition) is 33. The van der Waals surface area contributed by atoms with Gasteiger partial charge < -0.3 is 105 Å². The van der Waals surface area contributed by atoms with E-state index in [-0.39, 0.29) is 25.7 Å². The Morgan fingerprint density at radius 2 is 0.531 bits per heavy atom. The Hall–Kier alpha value is -6.27. The standard InChI is InChI=1S/C112H192O33/c1-16-20-24-27-30-33-36-39-40-41-42-45-48-50-55-60-66-72-90(122)139-97-88(75-113)137-112(104(135-86(15)120)102(97)133-84(13)118)144-101-96(143-109-103(134-85(14)119)99(131-82(11)116)94(77(6)126-109)138-89(121)71-65-59-54-49-46-43-37-34-31-28-25-21-17-2)79(8)127-110(106(101)141-92(124)74-67-61-56-51-47-44-38-35-32-29-26-22-18-3)142-95-78(7)128-111-105(100(95)132-83(12)117)140-91(123)73-68-62-57-52-53-58-64-70-87(69-63-23-19-4)136-108-107(145-111)98(130-81(10)115)93(76(5)125-108)129-80(9)114/h76-79,87-88,93-113H,16-75H2,1-15H3/t76-,77+,78+,79-,87+,88-,93+,94+,95+,96+,97-,98+,99-,100-,101-,102+,103-,104-,105-,106-,107-,108+,109+,110+,111+,112+/m1/s1. The monoisotopic (exact) mass is 2070 g/mol. The number of rotatable bonds is 67. The fourth-order valence-corrected chi connectivity index (χ4v) is 20.6. The van der Waals surface area contributed by atoms with Crippen molar-refractivity contribution in [2.75, 3.05) is 6.61 Å². The van der Waals surface area contributed by atoms with Crippen LogP contribution in [0.3, 0.4) is 0 Å². The van der Waals surface area contributed by atoms with Gasteiger partial charge in [-0.05, 0) is 66.2 Å². The Morgan fingerprint density at radius 1 is 0.262 bits per heavy atom. The molecule has 0 unspecified atom stereocenters. The third-order valence-electron chi connectivity index (χ3n) is 28.3. The zero-order chi connectivity index (χ0) is 106. The summed E-state index contributed by atoms with van der Waals surface area (Å²) < 4.78 is 138. The quantitative estimate of drug-likeness (QED) is 0.0336. The Kier molecular flexibility index (Phi) is 65.6. The number of esters is 11. The van der Waals surface area contributed by atoms with Crippen LogP contribution < -0.4 is 0 Å². The largest absolute Gasteiger partial charge is 0.456 e. The van der Waals surface area contributed by atoms with Crippen LogP contribution in [0.4, 0.5) is 0 Å². The lowest BCUT2D eigenvalue weighted by molar-refractivity contribution is -0.400. The summed E-state index contributed by atoms with van der Waals surface area (Å²) in [6, 6.07) is 0. The number of hydrogen-bond donors (Lipinski definition) is 1. The first-order chi connectivity index (χ1) is 69.9. The smallest absolute Gasteiger partial charge is 0.306 e. The minimum Gasteiger partial charge on any atom is -0.456 e. The van der Waals surface area contributed by atoms with Crippen LogP contribution in [0.15, 0.2) is 0 Å². The molecule has 145 heavy (non-hydrogen) atoms. The lowest BCUT2D eigenvalue weighted by Gasteiger charge is -2.52. The molecule has 0 aromatic heterocycles. The van der Waals surface area contributed by atoms with Crippen molar-refractivity contribution in [3.05, 3.63) is 0 Å². The average Bonchev–Trinajstić information content (AvgIpc) is 0.752. The average molecular weight is 2070 g/mol. The minimum absolute atomic E-state index is 0.0177. The molecule has 26 atom stereocenters. The highest BCUT2D eigenvalue weighted by atomic mass is 16.8. The number of carbonyl (C=O) groups excluding carboxylic acids is 11. The molecule has 6 rings (SSSR count). The van der Waals surface area contributed by atoms with E-state index >= 15 is 4.79 Å². The molecule has 0 bridgehead atoms. The van der Waals surface area contributed by atoms with Gasteiger partial charge in [-0.3, -0.25) is 52.7 Å². The van der Waals surface area contributed by atoms with E-state index in [4.69, 9.17) is 99.5 Å². The topological polar surface area (TPSA) is 402 Å². The highest BCUT2D eigenvalue weighted by molar-refractivity contribution is 5.73. The number of aliphatic hydroxyl groups is 1. The van der Waals surface area contributed by atoms with E-state index in [1.54, 1.807) is 6.92 Å². The third kappa shape index (κ3) is 49.8. The summed E-state index contributed by atoms with van der Waals surface area (Å²) in [5, 5.41) is 11.6. The number of fused-ring (bicyclic) bond motifs is 2. The predicted octanol–water partition coefficient (Wildman–Crippen LogP) is 21.9. The summed E-state index contributed by atoms with van der Waals surface area (Å²) in [7, 11) is 0. The van der Waals surface area contributed by atoms with Crippen molar-refractivity contribution in [2.24, 2.45) is 0 Å². The van der Waals surface area contributed by atoms with Crippen LogP contribution in [-0.2, 0) is 152 Å². The van der Waals surface area contributed by atoms with Gasteiger partial charge in [0.1, 0.15) is 24.4 Å². The Bertz CT molecular complexity index is 3580. The molecule has 0 radical (unpaired) electrons. The Labute approximate surface area is 867 Å². The van der Waals surface area contributed by atoms with Gasteiger partial charge in [-0.25, -0.2) is 0 Å². The summed E-state index contributed by atoms with van der Waals surface area (Å²) in [5.74, 6) is -9.35. The maximum absolute atomic E-state index is 15.5. The van der Waals surface area contributed by atoms with Crippen LogP contribution in [0, 0.1) is 0 Å². The SMILES string of the molecule is CCCCCCCCCCCCCCCCCCCC(=O)O[C@H]1[C@H](OC(C)=O)[C@@H](OC(C)=O)[C@H](O[C@@H]2[C@@H](O[C@@H]3O[C@@H](C)[C@H](OC(=O)CCCCCCCCCCCCCCC)[C@@H](OC(C)=O)[C@H]3OC(C)=O)[C@@H](C)O[C@@H](O[C@@H]3[C@@H](OC(C)=O)[C@H]4OC(=O)CCCCCCCCC[C@H](CCCCC)O[C@@H]5O[C@H](C)[C@H](OC(C)=O)[C@H](OC(C)=O)[C@H]5O[C@@H]4O[C@H]3C)[C@@H]2OC(=O)CCCCCCCCCCCCCCC)O[C@@H]1CO. The molecule has 33 nitrogen and oxygen atoms in total. The molecular weight excluding hydrogens is 1870 g/mol. The van der Waals surface area contributed by atoms with Gasteiger partial charge in [-0.1, -0.05) is 342 Å².